The molecule has 1 heterocycles. The quantitative estimate of drug-likeness (QED) is 0.832. The van der Waals surface area contributed by atoms with Gasteiger partial charge < -0.3 is 5.32 Å². The van der Waals surface area contributed by atoms with Gasteiger partial charge in [0, 0.05) is 11.5 Å². The molecule has 0 radical (unpaired) electrons. The van der Waals surface area contributed by atoms with Crippen LogP contribution in [0.2, 0.25) is 0 Å². The van der Waals surface area contributed by atoms with Gasteiger partial charge in [0.25, 0.3) is 0 Å². The standard InChI is InChI=1S/C16H25N/c1-4-15-16(10-11-17-15,12-13(2)3)14-8-6-5-7-9-14/h5-9,13,15,17H,4,10-12H2,1-3H3. The van der Waals surface area contributed by atoms with Gasteiger partial charge in [-0.1, -0.05) is 51.1 Å². The van der Waals surface area contributed by atoms with Crippen molar-refractivity contribution in [2.24, 2.45) is 5.92 Å². The molecule has 1 aromatic carbocycles. The zero-order valence-corrected chi connectivity index (χ0v) is 11.4. The summed E-state index contributed by atoms with van der Waals surface area (Å²) in [6, 6.07) is 11.8. The highest BCUT2D eigenvalue weighted by Gasteiger charge is 2.43. The Hall–Kier alpha value is -0.820. The molecule has 1 aromatic rings. The Bertz CT molecular complexity index is 344. The van der Waals surface area contributed by atoms with Gasteiger partial charge in [-0.25, -0.2) is 0 Å². The fraction of sp³-hybridized carbons (Fsp3) is 0.625. The molecule has 0 amide bonds. The van der Waals surface area contributed by atoms with Crippen molar-refractivity contribution in [3.8, 4) is 0 Å². The fourth-order valence-corrected chi connectivity index (χ4v) is 3.58. The predicted octanol–water partition coefficient (Wildman–Crippen LogP) is 3.74. The van der Waals surface area contributed by atoms with Gasteiger partial charge in [0.05, 0.1) is 0 Å². The van der Waals surface area contributed by atoms with E-state index < -0.39 is 0 Å². The van der Waals surface area contributed by atoms with E-state index in [1.807, 2.05) is 0 Å². The molecule has 1 N–H and O–H groups in total. The Kier molecular flexibility index (Phi) is 3.88. The summed E-state index contributed by atoms with van der Waals surface area (Å²) in [4.78, 5) is 0. The Morgan fingerprint density at radius 3 is 2.59 bits per heavy atom. The minimum absolute atomic E-state index is 0.365. The smallest absolute Gasteiger partial charge is 0.0162 e. The lowest BCUT2D eigenvalue weighted by molar-refractivity contribution is 0.295. The van der Waals surface area contributed by atoms with Crippen LogP contribution in [0.4, 0.5) is 0 Å². The molecule has 1 saturated heterocycles. The van der Waals surface area contributed by atoms with Crippen LogP contribution in [0.5, 0.6) is 0 Å². The largest absolute Gasteiger partial charge is 0.313 e. The number of benzene rings is 1. The van der Waals surface area contributed by atoms with Crippen LogP contribution < -0.4 is 5.32 Å². The molecule has 1 fully saturated rings. The number of rotatable bonds is 4. The highest BCUT2D eigenvalue weighted by molar-refractivity contribution is 5.29. The minimum Gasteiger partial charge on any atom is -0.313 e. The van der Waals surface area contributed by atoms with Crippen LogP contribution in [0.1, 0.15) is 45.6 Å². The molecule has 1 aliphatic rings. The summed E-state index contributed by atoms with van der Waals surface area (Å²) in [5.41, 5.74) is 1.90. The normalized spacial score (nSPS) is 28.8. The zero-order valence-electron chi connectivity index (χ0n) is 11.4. The number of nitrogens with one attached hydrogen (secondary N) is 1. The van der Waals surface area contributed by atoms with Gasteiger partial charge in [0.2, 0.25) is 0 Å². The molecule has 2 atom stereocenters. The zero-order chi connectivity index (χ0) is 12.3. The molecule has 1 aliphatic heterocycles. The summed E-state index contributed by atoms with van der Waals surface area (Å²) in [6.45, 7) is 8.16. The Balaban J connectivity index is 2.36. The molecule has 0 aliphatic carbocycles. The van der Waals surface area contributed by atoms with Crippen LogP contribution in [-0.2, 0) is 5.41 Å². The van der Waals surface area contributed by atoms with E-state index in [2.05, 4.69) is 56.4 Å². The van der Waals surface area contributed by atoms with Crippen LogP contribution >= 0.6 is 0 Å². The molecule has 0 spiro atoms. The van der Waals surface area contributed by atoms with Gasteiger partial charge in [-0.05, 0) is 37.3 Å². The van der Waals surface area contributed by atoms with Crippen molar-refractivity contribution in [2.75, 3.05) is 6.54 Å². The van der Waals surface area contributed by atoms with E-state index in [4.69, 9.17) is 0 Å². The first-order chi connectivity index (χ1) is 8.19. The Labute approximate surface area is 106 Å². The van der Waals surface area contributed by atoms with E-state index in [0.717, 1.165) is 5.92 Å². The first-order valence-corrected chi connectivity index (χ1v) is 6.98. The molecule has 0 aromatic heterocycles. The van der Waals surface area contributed by atoms with Crippen molar-refractivity contribution in [1.29, 1.82) is 0 Å². The van der Waals surface area contributed by atoms with Crippen molar-refractivity contribution >= 4 is 0 Å². The number of hydrogen-bond acceptors (Lipinski definition) is 1. The summed E-state index contributed by atoms with van der Waals surface area (Å²) >= 11 is 0. The third kappa shape index (κ3) is 2.40. The first kappa shape index (κ1) is 12.6. The summed E-state index contributed by atoms with van der Waals surface area (Å²) < 4.78 is 0. The second-order valence-corrected chi connectivity index (χ2v) is 5.79. The molecule has 1 heteroatoms. The maximum atomic E-state index is 3.70. The lowest BCUT2D eigenvalue weighted by Crippen LogP contribution is -2.40. The van der Waals surface area contributed by atoms with Gasteiger partial charge in [-0.3, -0.25) is 0 Å². The lowest BCUT2D eigenvalue weighted by atomic mass is 9.68. The minimum atomic E-state index is 0.365. The highest BCUT2D eigenvalue weighted by Crippen LogP contribution is 2.42. The van der Waals surface area contributed by atoms with Crippen molar-refractivity contribution in [1.82, 2.24) is 5.32 Å². The van der Waals surface area contributed by atoms with Crippen molar-refractivity contribution in [2.45, 2.75) is 51.5 Å². The maximum Gasteiger partial charge on any atom is 0.0162 e. The third-order valence-corrected chi connectivity index (χ3v) is 4.16. The van der Waals surface area contributed by atoms with Crippen LogP contribution in [-0.4, -0.2) is 12.6 Å². The van der Waals surface area contributed by atoms with Crippen molar-refractivity contribution < 1.29 is 0 Å². The summed E-state index contributed by atoms with van der Waals surface area (Å²) in [5.74, 6) is 0.754. The number of hydrogen-bond donors (Lipinski definition) is 1. The monoisotopic (exact) mass is 231 g/mol. The third-order valence-electron chi connectivity index (χ3n) is 4.16. The topological polar surface area (TPSA) is 12.0 Å². The second kappa shape index (κ2) is 5.22. The van der Waals surface area contributed by atoms with Gasteiger partial charge in [-0.2, -0.15) is 0 Å². The molecule has 1 nitrogen and oxygen atoms in total. The van der Waals surface area contributed by atoms with E-state index in [9.17, 15) is 0 Å². The van der Waals surface area contributed by atoms with E-state index in [1.165, 1.54) is 31.4 Å². The Morgan fingerprint density at radius 1 is 1.29 bits per heavy atom. The molecular formula is C16H25N. The summed E-state index contributed by atoms with van der Waals surface area (Å²) in [5, 5.41) is 3.70. The second-order valence-electron chi connectivity index (χ2n) is 5.79. The summed E-state index contributed by atoms with van der Waals surface area (Å²) in [6.07, 6.45) is 3.80. The SMILES string of the molecule is CCC1NCCC1(CC(C)C)c1ccccc1. The van der Waals surface area contributed by atoms with Gasteiger partial charge in [0.15, 0.2) is 0 Å². The first-order valence-electron chi connectivity index (χ1n) is 6.98. The molecule has 2 rings (SSSR count). The molecule has 17 heavy (non-hydrogen) atoms. The molecular weight excluding hydrogens is 206 g/mol. The van der Waals surface area contributed by atoms with E-state index in [0.29, 0.717) is 11.5 Å². The van der Waals surface area contributed by atoms with Crippen molar-refractivity contribution in [3.05, 3.63) is 35.9 Å². The van der Waals surface area contributed by atoms with Crippen LogP contribution in [0, 0.1) is 5.92 Å². The molecule has 94 valence electrons. The average Bonchev–Trinajstić information content (AvgIpc) is 2.73. The lowest BCUT2D eigenvalue weighted by Gasteiger charge is -2.37. The van der Waals surface area contributed by atoms with E-state index in [1.54, 1.807) is 0 Å². The average molecular weight is 231 g/mol. The Morgan fingerprint density at radius 2 is 2.00 bits per heavy atom. The fourth-order valence-electron chi connectivity index (χ4n) is 3.58. The molecule has 2 unspecified atom stereocenters. The van der Waals surface area contributed by atoms with Gasteiger partial charge in [-0.15, -0.1) is 0 Å². The predicted molar refractivity (Wildman–Crippen MR) is 74.3 cm³/mol. The van der Waals surface area contributed by atoms with Crippen LogP contribution in [0.3, 0.4) is 0 Å². The van der Waals surface area contributed by atoms with Gasteiger partial charge >= 0.3 is 0 Å². The van der Waals surface area contributed by atoms with Crippen molar-refractivity contribution in [3.63, 3.8) is 0 Å². The van der Waals surface area contributed by atoms with Crippen LogP contribution in [0.25, 0.3) is 0 Å². The van der Waals surface area contributed by atoms with Gasteiger partial charge in [0.1, 0.15) is 0 Å². The molecule has 0 bridgehead atoms. The highest BCUT2D eigenvalue weighted by atomic mass is 15.0. The maximum absolute atomic E-state index is 3.70. The summed E-state index contributed by atoms with van der Waals surface area (Å²) in [7, 11) is 0. The van der Waals surface area contributed by atoms with E-state index in [-0.39, 0.29) is 0 Å². The van der Waals surface area contributed by atoms with E-state index >= 15 is 0 Å². The van der Waals surface area contributed by atoms with Crippen LogP contribution in [0.15, 0.2) is 30.3 Å². The molecule has 0 saturated carbocycles.